The van der Waals surface area contributed by atoms with Gasteiger partial charge in [-0.2, -0.15) is 5.10 Å². The Labute approximate surface area is 206 Å². The second kappa shape index (κ2) is 10.8. The van der Waals surface area contributed by atoms with E-state index in [0.29, 0.717) is 22.4 Å². The molecule has 1 heterocycles. The molecule has 2 aliphatic rings. The van der Waals surface area contributed by atoms with E-state index in [1.165, 1.54) is 12.8 Å². The van der Waals surface area contributed by atoms with Crippen molar-refractivity contribution >= 4 is 40.5 Å². The van der Waals surface area contributed by atoms with Crippen molar-refractivity contribution in [1.29, 1.82) is 0 Å². The molecule has 0 spiro atoms. The summed E-state index contributed by atoms with van der Waals surface area (Å²) in [4.78, 5) is 13.3. The normalized spacial score (nSPS) is 21.5. The molecule has 2 unspecified atom stereocenters. The number of benzene rings is 2. The van der Waals surface area contributed by atoms with Gasteiger partial charge >= 0.3 is 0 Å². The number of ether oxygens (including phenoxy) is 1. The summed E-state index contributed by atoms with van der Waals surface area (Å²) in [7, 11) is 0. The summed E-state index contributed by atoms with van der Waals surface area (Å²) in [5.74, 6) is 0.605. The third-order valence-electron chi connectivity index (χ3n) is 6.50. The SMILES string of the molecule is CCOc1ccc(C2C(C)C(C(=O)NC3CCCCCC3)=NN2c2ccc(Cl)cc2Cl)cc1. The van der Waals surface area contributed by atoms with Crippen LogP contribution in [0.3, 0.4) is 0 Å². The number of halogens is 2. The zero-order chi connectivity index (χ0) is 23.4. The van der Waals surface area contributed by atoms with Crippen molar-refractivity contribution in [3.63, 3.8) is 0 Å². The number of carbonyl (C=O) groups excluding carboxylic acids is 1. The van der Waals surface area contributed by atoms with Crippen LogP contribution in [0, 0.1) is 5.92 Å². The summed E-state index contributed by atoms with van der Waals surface area (Å²) in [6.45, 7) is 4.63. The molecule has 1 aliphatic heterocycles. The van der Waals surface area contributed by atoms with Gasteiger partial charge in [0.15, 0.2) is 0 Å². The summed E-state index contributed by atoms with van der Waals surface area (Å²) < 4.78 is 5.61. The van der Waals surface area contributed by atoms with Crippen LogP contribution in [0.2, 0.25) is 10.0 Å². The summed E-state index contributed by atoms with van der Waals surface area (Å²) in [6, 6.07) is 13.4. The Bertz CT molecular complexity index is 1000. The van der Waals surface area contributed by atoms with E-state index in [4.69, 9.17) is 33.0 Å². The largest absolute Gasteiger partial charge is 0.494 e. The maximum Gasteiger partial charge on any atom is 0.268 e. The molecule has 0 aromatic heterocycles. The topological polar surface area (TPSA) is 53.9 Å². The highest BCUT2D eigenvalue weighted by Gasteiger charge is 2.40. The van der Waals surface area contributed by atoms with Crippen molar-refractivity contribution in [2.75, 3.05) is 11.6 Å². The first-order valence-corrected chi connectivity index (χ1v) is 12.6. The van der Waals surface area contributed by atoms with Crippen LogP contribution in [0.5, 0.6) is 5.75 Å². The molecule has 0 saturated heterocycles. The molecule has 1 aliphatic carbocycles. The number of hydrogen-bond acceptors (Lipinski definition) is 4. The van der Waals surface area contributed by atoms with Crippen LogP contribution in [0.25, 0.3) is 0 Å². The average Bonchev–Trinajstić information content (AvgIpc) is 2.95. The summed E-state index contributed by atoms with van der Waals surface area (Å²) in [5.41, 5.74) is 2.30. The standard InChI is InChI=1S/C26H31Cl2N3O2/c1-3-33-21-13-10-18(11-14-21)25-17(2)24(26(32)29-20-8-6-4-5-7-9-20)30-31(25)23-15-12-19(27)16-22(23)28/h10-17,20,25H,3-9H2,1-2H3,(H,29,32). The Morgan fingerprint density at radius 2 is 1.79 bits per heavy atom. The van der Waals surface area contributed by atoms with Gasteiger partial charge in [0.2, 0.25) is 0 Å². The molecule has 2 atom stereocenters. The van der Waals surface area contributed by atoms with Crippen molar-refractivity contribution in [3.8, 4) is 5.75 Å². The van der Waals surface area contributed by atoms with E-state index in [-0.39, 0.29) is 23.9 Å². The third-order valence-corrected chi connectivity index (χ3v) is 7.03. The summed E-state index contributed by atoms with van der Waals surface area (Å²) in [5, 5.41) is 11.0. The van der Waals surface area contributed by atoms with Gasteiger partial charge in [0, 0.05) is 17.0 Å². The predicted molar refractivity (Wildman–Crippen MR) is 136 cm³/mol. The molecule has 2 aromatic carbocycles. The average molecular weight is 488 g/mol. The lowest BCUT2D eigenvalue weighted by Crippen LogP contribution is -2.40. The first-order valence-electron chi connectivity index (χ1n) is 11.8. The van der Waals surface area contributed by atoms with Crippen molar-refractivity contribution in [2.45, 2.75) is 64.5 Å². The highest BCUT2D eigenvalue weighted by atomic mass is 35.5. The molecule has 1 fully saturated rings. The fourth-order valence-electron chi connectivity index (χ4n) is 4.79. The van der Waals surface area contributed by atoms with E-state index < -0.39 is 0 Å². The number of amides is 1. The van der Waals surface area contributed by atoms with Crippen LogP contribution >= 0.6 is 23.2 Å². The molecule has 5 nitrogen and oxygen atoms in total. The smallest absolute Gasteiger partial charge is 0.268 e. The number of nitrogens with zero attached hydrogens (tertiary/aromatic N) is 2. The van der Waals surface area contributed by atoms with Gasteiger partial charge < -0.3 is 10.1 Å². The fourth-order valence-corrected chi connectivity index (χ4v) is 5.29. The second-order valence-corrected chi connectivity index (χ2v) is 9.67. The second-order valence-electron chi connectivity index (χ2n) is 8.82. The minimum absolute atomic E-state index is 0.0853. The van der Waals surface area contributed by atoms with E-state index in [1.807, 2.05) is 42.3 Å². The molecule has 176 valence electrons. The van der Waals surface area contributed by atoms with Crippen molar-refractivity contribution < 1.29 is 9.53 Å². The molecule has 0 bridgehead atoms. The van der Waals surface area contributed by atoms with Gasteiger partial charge in [-0.1, -0.05) is 67.9 Å². The van der Waals surface area contributed by atoms with Crippen LogP contribution in [0.1, 0.15) is 64.0 Å². The first kappa shape index (κ1) is 23.9. The van der Waals surface area contributed by atoms with Gasteiger partial charge in [0.25, 0.3) is 5.91 Å². The van der Waals surface area contributed by atoms with E-state index in [0.717, 1.165) is 42.7 Å². The van der Waals surface area contributed by atoms with E-state index in [2.05, 4.69) is 12.2 Å². The molecule has 2 aromatic rings. The minimum Gasteiger partial charge on any atom is -0.494 e. The molecule has 33 heavy (non-hydrogen) atoms. The van der Waals surface area contributed by atoms with E-state index in [1.54, 1.807) is 12.1 Å². The van der Waals surface area contributed by atoms with Gasteiger partial charge in [-0.25, -0.2) is 0 Å². The number of hydrazone groups is 1. The summed E-state index contributed by atoms with van der Waals surface area (Å²) >= 11 is 12.7. The van der Waals surface area contributed by atoms with Crippen LogP contribution in [0.4, 0.5) is 5.69 Å². The van der Waals surface area contributed by atoms with Crippen molar-refractivity contribution in [2.24, 2.45) is 11.0 Å². The van der Waals surface area contributed by atoms with Crippen LogP contribution in [-0.2, 0) is 4.79 Å². The quantitative estimate of drug-likeness (QED) is 0.456. The monoisotopic (exact) mass is 487 g/mol. The van der Waals surface area contributed by atoms with E-state index in [9.17, 15) is 4.79 Å². The molecule has 0 radical (unpaired) electrons. The Morgan fingerprint density at radius 3 is 2.42 bits per heavy atom. The molecular weight excluding hydrogens is 457 g/mol. The van der Waals surface area contributed by atoms with Gasteiger partial charge in [-0.3, -0.25) is 9.80 Å². The number of hydrogen-bond donors (Lipinski definition) is 1. The van der Waals surface area contributed by atoms with Crippen LogP contribution < -0.4 is 15.1 Å². The first-order chi connectivity index (χ1) is 16.0. The Morgan fingerprint density at radius 1 is 1.09 bits per heavy atom. The van der Waals surface area contributed by atoms with Crippen LogP contribution in [0.15, 0.2) is 47.6 Å². The molecule has 7 heteroatoms. The predicted octanol–water partition coefficient (Wildman–Crippen LogP) is 6.78. The zero-order valence-electron chi connectivity index (χ0n) is 19.2. The summed E-state index contributed by atoms with van der Waals surface area (Å²) in [6.07, 6.45) is 6.87. The molecule has 4 rings (SSSR count). The minimum atomic E-state index is -0.172. The van der Waals surface area contributed by atoms with Gasteiger partial charge in [0.05, 0.1) is 23.4 Å². The van der Waals surface area contributed by atoms with Gasteiger partial charge in [-0.05, 0) is 55.7 Å². The number of carbonyl (C=O) groups is 1. The highest BCUT2D eigenvalue weighted by molar-refractivity contribution is 6.41. The molecule has 1 saturated carbocycles. The van der Waals surface area contributed by atoms with E-state index >= 15 is 0 Å². The Balaban J connectivity index is 1.65. The maximum absolute atomic E-state index is 13.3. The number of nitrogens with one attached hydrogen (secondary N) is 1. The van der Waals surface area contributed by atoms with Crippen molar-refractivity contribution in [3.05, 3.63) is 58.1 Å². The fraction of sp³-hybridized carbons (Fsp3) is 0.462. The lowest BCUT2D eigenvalue weighted by Gasteiger charge is -2.28. The van der Waals surface area contributed by atoms with Gasteiger partial charge in [-0.15, -0.1) is 0 Å². The number of anilines is 1. The lowest BCUT2D eigenvalue weighted by atomic mass is 9.90. The zero-order valence-corrected chi connectivity index (χ0v) is 20.7. The maximum atomic E-state index is 13.3. The van der Waals surface area contributed by atoms with Crippen LogP contribution in [-0.4, -0.2) is 24.3 Å². The number of rotatable bonds is 6. The molecule has 1 amide bonds. The van der Waals surface area contributed by atoms with Crippen molar-refractivity contribution in [1.82, 2.24) is 5.32 Å². The lowest BCUT2D eigenvalue weighted by molar-refractivity contribution is -0.115. The molecule has 1 N–H and O–H groups in total. The Kier molecular flexibility index (Phi) is 7.82. The third kappa shape index (κ3) is 5.47. The van der Waals surface area contributed by atoms with Gasteiger partial charge in [0.1, 0.15) is 11.5 Å². The Hall–Kier alpha value is -2.24. The highest BCUT2D eigenvalue weighted by Crippen LogP contribution is 2.42. The molecular formula is C26H31Cl2N3O2.